The molecule has 1 nitrogen and oxygen atoms in total. The van der Waals surface area contributed by atoms with Crippen LogP contribution in [0, 0.1) is 29.6 Å². The van der Waals surface area contributed by atoms with Crippen molar-refractivity contribution in [3.8, 4) is 11.8 Å². The van der Waals surface area contributed by atoms with E-state index in [2.05, 4.69) is 159 Å². The lowest BCUT2D eigenvalue weighted by Crippen LogP contribution is -2.50. The van der Waals surface area contributed by atoms with Gasteiger partial charge in [0.15, 0.2) is 0 Å². The van der Waals surface area contributed by atoms with Crippen LogP contribution in [0.4, 0.5) is 0 Å². The average molecular weight is 614 g/mol. The molecule has 3 aliphatic rings. The lowest BCUT2D eigenvalue weighted by atomic mass is 9.54. The molecule has 4 unspecified atom stereocenters. The van der Waals surface area contributed by atoms with E-state index in [9.17, 15) is 5.11 Å². The lowest BCUT2D eigenvalue weighted by molar-refractivity contribution is 0.0162. The number of aliphatic hydroxyl groups is 1. The Labute approximate surface area is 259 Å². The van der Waals surface area contributed by atoms with E-state index in [1.807, 2.05) is 6.07 Å². The highest BCUT2D eigenvalue weighted by molar-refractivity contribution is 9.10. The Morgan fingerprint density at radius 1 is 0.786 bits per heavy atom. The molecule has 42 heavy (non-hydrogen) atoms. The molecular formula is C40H37BrO. The Bertz CT molecular complexity index is 1710. The molecule has 0 saturated heterocycles. The number of benzene rings is 3. The van der Waals surface area contributed by atoms with E-state index in [1.165, 1.54) is 22.3 Å². The molecule has 0 fully saturated rings. The summed E-state index contributed by atoms with van der Waals surface area (Å²) < 4.78 is 1.04. The summed E-state index contributed by atoms with van der Waals surface area (Å²) >= 11 is 3.89. The first-order valence-corrected chi connectivity index (χ1v) is 15.6. The van der Waals surface area contributed by atoms with Gasteiger partial charge in [0, 0.05) is 27.8 Å². The summed E-state index contributed by atoms with van der Waals surface area (Å²) in [6.07, 6.45) is 9.28. The quantitative estimate of drug-likeness (QED) is 0.284. The number of hydrogen-bond acceptors (Lipinski definition) is 1. The Morgan fingerprint density at radius 2 is 1.40 bits per heavy atom. The third-order valence-corrected chi connectivity index (χ3v) is 10.4. The highest BCUT2D eigenvalue weighted by atomic mass is 79.9. The van der Waals surface area contributed by atoms with Crippen molar-refractivity contribution in [1.29, 1.82) is 0 Å². The minimum absolute atomic E-state index is 0.0155. The maximum Gasteiger partial charge on any atom is 0.107 e. The molecule has 0 saturated carbocycles. The van der Waals surface area contributed by atoms with Crippen LogP contribution in [0.25, 0.3) is 11.1 Å². The second-order valence-corrected chi connectivity index (χ2v) is 12.7. The zero-order chi connectivity index (χ0) is 29.4. The van der Waals surface area contributed by atoms with Gasteiger partial charge in [-0.1, -0.05) is 137 Å². The summed E-state index contributed by atoms with van der Waals surface area (Å²) in [5.41, 5.74) is 9.29. The van der Waals surface area contributed by atoms with Crippen molar-refractivity contribution in [3.05, 3.63) is 153 Å². The largest absolute Gasteiger partial charge is 0.384 e. The van der Waals surface area contributed by atoms with Gasteiger partial charge < -0.3 is 5.11 Å². The van der Waals surface area contributed by atoms with Gasteiger partial charge in [-0.2, -0.15) is 0 Å². The molecule has 3 aromatic rings. The van der Waals surface area contributed by atoms with Crippen molar-refractivity contribution in [3.63, 3.8) is 0 Å². The highest BCUT2D eigenvalue weighted by Crippen LogP contribution is 2.60. The number of allylic oxidation sites excluding steroid dienone is 7. The smallest absolute Gasteiger partial charge is 0.107 e. The van der Waals surface area contributed by atoms with Gasteiger partial charge >= 0.3 is 0 Å². The van der Waals surface area contributed by atoms with Gasteiger partial charge in [0.1, 0.15) is 5.60 Å². The van der Waals surface area contributed by atoms with Crippen molar-refractivity contribution < 1.29 is 5.11 Å². The summed E-state index contributed by atoms with van der Waals surface area (Å²) in [5, 5.41) is 13.7. The fourth-order valence-electron chi connectivity index (χ4n) is 7.34. The van der Waals surface area contributed by atoms with Crippen LogP contribution in [-0.4, -0.2) is 10.7 Å². The second-order valence-electron chi connectivity index (χ2n) is 11.9. The van der Waals surface area contributed by atoms with Gasteiger partial charge in [-0.3, -0.25) is 0 Å². The van der Waals surface area contributed by atoms with Crippen LogP contribution in [0.3, 0.4) is 0 Å². The fraction of sp³-hybridized carbons (Fsp3) is 0.250. The number of rotatable bonds is 5. The molecule has 0 aromatic heterocycles. The summed E-state index contributed by atoms with van der Waals surface area (Å²) in [6, 6.07) is 29.6. The van der Waals surface area contributed by atoms with Crippen molar-refractivity contribution in [2.75, 3.05) is 0 Å². The van der Waals surface area contributed by atoms with Gasteiger partial charge in [0.05, 0.1) is 0 Å². The zero-order valence-electron chi connectivity index (χ0n) is 24.7. The monoisotopic (exact) mass is 612 g/mol. The SMILES string of the molecule is CC1=C(C)C(C)=C(C)C(C2CC(c3ccccc3Br)=C(c3ccccc3)C(O)(C3C=CC=C3)C2c2ccccc2)C#C1. The van der Waals surface area contributed by atoms with Crippen molar-refractivity contribution in [2.45, 2.75) is 45.6 Å². The van der Waals surface area contributed by atoms with Crippen LogP contribution >= 0.6 is 15.9 Å². The van der Waals surface area contributed by atoms with Gasteiger partial charge in [-0.15, -0.1) is 0 Å². The van der Waals surface area contributed by atoms with E-state index >= 15 is 0 Å². The van der Waals surface area contributed by atoms with Crippen LogP contribution in [-0.2, 0) is 0 Å². The normalized spacial score (nSPS) is 26.0. The van der Waals surface area contributed by atoms with Crippen LogP contribution in [0.5, 0.6) is 0 Å². The molecule has 0 heterocycles. The molecule has 3 aliphatic carbocycles. The maximum absolute atomic E-state index is 13.7. The Morgan fingerprint density at radius 3 is 2.07 bits per heavy atom. The second kappa shape index (κ2) is 11.6. The molecule has 4 atom stereocenters. The van der Waals surface area contributed by atoms with E-state index < -0.39 is 5.60 Å². The topological polar surface area (TPSA) is 20.2 Å². The molecular weight excluding hydrogens is 576 g/mol. The zero-order valence-corrected chi connectivity index (χ0v) is 26.3. The molecule has 210 valence electrons. The molecule has 0 bridgehead atoms. The maximum atomic E-state index is 13.7. The van der Waals surface area contributed by atoms with Crippen molar-refractivity contribution >= 4 is 27.1 Å². The Hall–Kier alpha value is -3.64. The number of hydrogen-bond donors (Lipinski definition) is 1. The molecule has 1 N–H and O–H groups in total. The molecule has 3 aromatic carbocycles. The van der Waals surface area contributed by atoms with Crippen LogP contribution in [0.15, 0.2) is 136 Å². The van der Waals surface area contributed by atoms with Crippen molar-refractivity contribution in [1.82, 2.24) is 0 Å². The van der Waals surface area contributed by atoms with Gasteiger partial charge in [-0.25, -0.2) is 0 Å². The van der Waals surface area contributed by atoms with E-state index in [4.69, 9.17) is 0 Å². The average Bonchev–Trinajstić information content (AvgIpc) is 3.54. The van der Waals surface area contributed by atoms with E-state index in [-0.39, 0.29) is 23.7 Å². The minimum Gasteiger partial charge on any atom is -0.384 e. The molecule has 0 spiro atoms. The van der Waals surface area contributed by atoms with E-state index in [0.29, 0.717) is 0 Å². The highest BCUT2D eigenvalue weighted by Gasteiger charge is 2.55. The molecule has 0 amide bonds. The Kier molecular flexibility index (Phi) is 7.84. The fourth-order valence-corrected chi connectivity index (χ4v) is 7.86. The third-order valence-electron chi connectivity index (χ3n) is 9.75. The van der Waals surface area contributed by atoms with E-state index in [0.717, 1.165) is 38.7 Å². The van der Waals surface area contributed by atoms with Crippen LogP contribution in [0.2, 0.25) is 0 Å². The summed E-state index contributed by atoms with van der Waals surface area (Å²) in [6.45, 7) is 8.79. The molecule has 2 heteroatoms. The minimum atomic E-state index is -1.22. The van der Waals surface area contributed by atoms with Gasteiger partial charge in [0.2, 0.25) is 0 Å². The Balaban J connectivity index is 1.72. The predicted molar refractivity (Wildman–Crippen MR) is 179 cm³/mol. The predicted octanol–water partition coefficient (Wildman–Crippen LogP) is 9.94. The first kappa shape index (κ1) is 28.5. The summed E-state index contributed by atoms with van der Waals surface area (Å²) in [7, 11) is 0. The third kappa shape index (κ3) is 4.80. The van der Waals surface area contributed by atoms with Crippen molar-refractivity contribution in [2.24, 2.45) is 17.8 Å². The number of halogens is 1. The molecule has 0 radical (unpaired) electrons. The molecule has 0 aliphatic heterocycles. The first-order valence-electron chi connectivity index (χ1n) is 14.8. The molecule has 6 rings (SSSR count). The van der Waals surface area contributed by atoms with Crippen LogP contribution < -0.4 is 0 Å². The lowest BCUT2D eigenvalue weighted by Gasteiger charge is -2.51. The van der Waals surface area contributed by atoms with Gasteiger partial charge in [0.25, 0.3) is 0 Å². The van der Waals surface area contributed by atoms with Crippen LogP contribution in [0.1, 0.15) is 56.7 Å². The first-order chi connectivity index (χ1) is 20.3. The summed E-state index contributed by atoms with van der Waals surface area (Å²) in [5.74, 6) is 6.90. The van der Waals surface area contributed by atoms with Gasteiger partial charge in [-0.05, 0) is 85.1 Å². The summed E-state index contributed by atoms with van der Waals surface area (Å²) in [4.78, 5) is 0. The van der Waals surface area contributed by atoms with E-state index in [1.54, 1.807) is 0 Å². The standard InChI is InChI=1S/C40H37BrO/c1-26-23-24-33(29(4)28(3)27(26)2)35-25-36(34-21-13-14-22-37(34)41)39(31-17-9-6-10-18-31)40(42,32-19-11-12-20-32)38(35)30-15-7-5-8-16-30/h5-22,32-33,35,38,42H,25H2,1-4H3.